The van der Waals surface area contributed by atoms with Crippen LogP contribution in [0.5, 0.6) is 0 Å². The number of methoxy groups -OCH3 is 1. The number of unbranched alkanes of at least 4 members (excludes halogenated alkanes) is 5. The first kappa shape index (κ1) is 23.2. The molecule has 0 aromatic heterocycles. The number of hydrogen-bond acceptors (Lipinski definition) is 4. The molecule has 4 heteroatoms. The Morgan fingerprint density at radius 3 is 2.58 bits per heavy atom. The van der Waals surface area contributed by atoms with Gasteiger partial charge in [0.2, 0.25) is 0 Å². The van der Waals surface area contributed by atoms with E-state index < -0.39 is 5.60 Å². The van der Waals surface area contributed by atoms with E-state index in [1.807, 2.05) is 13.0 Å². The zero-order valence-corrected chi connectivity index (χ0v) is 17.1. The molecular formula is C22H40O4. The molecule has 0 spiro atoms. The topological polar surface area (TPSA) is 66.8 Å². The summed E-state index contributed by atoms with van der Waals surface area (Å²) in [5, 5.41) is 20.8. The summed E-state index contributed by atoms with van der Waals surface area (Å²) in [6, 6.07) is 0. The molecule has 0 aliphatic heterocycles. The Kier molecular flexibility index (Phi) is 11.1. The van der Waals surface area contributed by atoms with Crippen molar-refractivity contribution in [2.45, 2.75) is 103 Å². The summed E-state index contributed by atoms with van der Waals surface area (Å²) in [6.45, 7) is 4.06. The van der Waals surface area contributed by atoms with Crippen molar-refractivity contribution in [2.24, 2.45) is 11.8 Å². The van der Waals surface area contributed by atoms with E-state index >= 15 is 0 Å². The molecule has 0 aromatic rings. The van der Waals surface area contributed by atoms with Gasteiger partial charge in [-0.1, -0.05) is 57.6 Å². The lowest BCUT2D eigenvalue weighted by Crippen LogP contribution is -2.22. The average molecular weight is 369 g/mol. The second-order valence-electron chi connectivity index (χ2n) is 8.17. The number of aliphatic hydroxyl groups is 2. The Morgan fingerprint density at radius 2 is 1.88 bits per heavy atom. The zero-order chi connectivity index (χ0) is 19.4. The largest absolute Gasteiger partial charge is 0.469 e. The van der Waals surface area contributed by atoms with Crippen molar-refractivity contribution in [1.29, 1.82) is 0 Å². The average Bonchev–Trinajstić information content (AvgIpc) is 2.96. The van der Waals surface area contributed by atoms with E-state index in [1.165, 1.54) is 7.11 Å². The van der Waals surface area contributed by atoms with Gasteiger partial charge in [0, 0.05) is 6.42 Å². The van der Waals surface area contributed by atoms with Crippen LogP contribution >= 0.6 is 0 Å². The molecule has 26 heavy (non-hydrogen) atoms. The van der Waals surface area contributed by atoms with Gasteiger partial charge >= 0.3 is 5.97 Å². The van der Waals surface area contributed by atoms with E-state index in [0.29, 0.717) is 18.3 Å². The fourth-order valence-electron chi connectivity index (χ4n) is 3.97. The van der Waals surface area contributed by atoms with Gasteiger partial charge in [0.1, 0.15) is 0 Å². The molecule has 1 saturated carbocycles. The van der Waals surface area contributed by atoms with Gasteiger partial charge in [-0.05, 0) is 50.9 Å². The number of hydrogen-bond donors (Lipinski definition) is 2. The van der Waals surface area contributed by atoms with Crippen LogP contribution in [0.4, 0.5) is 0 Å². The van der Waals surface area contributed by atoms with Crippen LogP contribution in [-0.4, -0.2) is 35.0 Å². The minimum absolute atomic E-state index is 0.132. The van der Waals surface area contributed by atoms with Crippen molar-refractivity contribution in [2.75, 3.05) is 7.11 Å². The maximum Gasteiger partial charge on any atom is 0.305 e. The maximum absolute atomic E-state index is 11.1. The van der Waals surface area contributed by atoms with Crippen molar-refractivity contribution >= 4 is 5.97 Å². The summed E-state index contributed by atoms with van der Waals surface area (Å²) in [7, 11) is 1.43. The van der Waals surface area contributed by atoms with Crippen molar-refractivity contribution in [3.63, 3.8) is 0 Å². The van der Waals surface area contributed by atoms with Gasteiger partial charge in [-0.3, -0.25) is 4.79 Å². The number of ether oxygens (including phenoxy) is 1. The van der Waals surface area contributed by atoms with E-state index in [4.69, 9.17) is 0 Å². The number of allylic oxidation sites excluding steroid dienone is 1. The summed E-state index contributed by atoms with van der Waals surface area (Å²) in [6.07, 6.45) is 15.6. The Hall–Kier alpha value is -0.870. The molecule has 1 aliphatic carbocycles. The molecule has 0 bridgehead atoms. The normalized spacial score (nSPS) is 25.5. The molecule has 1 rings (SSSR count). The van der Waals surface area contributed by atoms with Crippen LogP contribution in [0.3, 0.4) is 0 Å². The van der Waals surface area contributed by atoms with Gasteiger partial charge in [-0.25, -0.2) is 0 Å². The highest BCUT2D eigenvalue weighted by atomic mass is 16.5. The van der Waals surface area contributed by atoms with Gasteiger partial charge in [-0.15, -0.1) is 0 Å². The summed E-state index contributed by atoms with van der Waals surface area (Å²) in [5.74, 6) is 0.545. The fourth-order valence-corrected chi connectivity index (χ4v) is 3.97. The highest BCUT2D eigenvalue weighted by Crippen LogP contribution is 2.37. The quantitative estimate of drug-likeness (QED) is 0.279. The standard InChI is InChI=1S/C22H40O4/c1-4-5-10-16-22(2,25)17-15-18-13-14-20(23)19(18)11-8-6-7-9-12-21(24)26-3/h15,17-20,23,25H,4-14,16H2,1-3H3/b17-15+/t18?,19?,20-,22?/m1/s1. The van der Waals surface area contributed by atoms with Crippen molar-refractivity contribution in [3.8, 4) is 0 Å². The van der Waals surface area contributed by atoms with Crippen LogP contribution in [0, 0.1) is 11.8 Å². The monoisotopic (exact) mass is 368 g/mol. The third-order valence-electron chi connectivity index (χ3n) is 5.72. The SMILES string of the molecule is CCCCCC(C)(O)/C=C/C1CC[C@@H](O)C1CCCCCCC(=O)OC. The van der Waals surface area contributed by atoms with Gasteiger partial charge in [-0.2, -0.15) is 0 Å². The van der Waals surface area contributed by atoms with Crippen molar-refractivity contribution < 1.29 is 19.7 Å². The molecular weight excluding hydrogens is 328 g/mol. The zero-order valence-electron chi connectivity index (χ0n) is 17.1. The Labute approximate surface area is 160 Å². The molecule has 0 radical (unpaired) electrons. The van der Waals surface area contributed by atoms with Crippen LogP contribution in [0.15, 0.2) is 12.2 Å². The number of aliphatic hydroxyl groups excluding tert-OH is 1. The first-order valence-electron chi connectivity index (χ1n) is 10.6. The maximum atomic E-state index is 11.1. The number of carbonyl (C=O) groups excluding carboxylic acids is 1. The molecule has 2 N–H and O–H groups in total. The lowest BCUT2D eigenvalue weighted by atomic mass is 9.87. The van der Waals surface area contributed by atoms with Crippen molar-refractivity contribution in [1.82, 2.24) is 0 Å². The van der Waals surface area contributed by atoms with Crippen LogP contribution in [-0.2, 0) is 9.53 Å². The highest BCUT2D eigenvalue weighted by Gasteiger charge is 2.33. The van der Waals surface area contributed by atoms with Gasteiger partial charge in [0.15, 0.2) is 0 Å². The second kappa shape index (κ2) is 12.5. The molecule has 0 amide bonds. The number of esters is 1. The lowest BCUT2D eigenvalue weighted by Gasteiger charge is -2.23. The van der Waals surface area contributed by atoms with Crippen LogP contribution in [0.25, 0.3) is 0 Å². The smallest absolute Gasteiger partial charge is 0.305 e. The Bertz CT molecular complexity index is 416. The number of rotatable bonds is 13. The molecule has 1 fully saturated rings. The van der Waals surface area contributed by atoms with E-state index in [9.17, 15) is 15.0 Å². The van der Waals surface area contributed by atoms with Crippen LogP contribution < -0.4 is 0 Å². The van der Waals surface area contributed by atoms with E-state index in [-0.39, 0.29) is 12.1 Å². The molecule has 4 nitrogen and oxygen atoms in total. The third-order valence-corrected chi connectivity index (χ3v) is 5.72. The minimum Gasteiger partial charge on any atom is -0.469 e. The molecule has 1 aliphatic rings. The van der Waals surface area contributed by atoms with Gasteiger partial charge in [0.25, 0.3) is 0 Å². The van der Waals surface area contributed by atoms with Crippen LogP contribution in [0.2, 0.25) is 0 Å². The summed E-state index contributed by atoms with van der Waals surface area (Å²) in [5.41, 5.74) is -0.735. The fraction of sp³-hybridized carbons (Fsp3) is 0.864. The minimum atomic E-state index is -0.735. The second-order valence-corrected chi connectivity index (χ2v) is 8.17. The molecule has 3 unspecified atom stereocenters. The Balaban J connectivity index is 2.34. The molecule has 4 atom stereocenters. The Morgan fingerprint density at radius 1 is 1.15 bits per heavy atom. The highest BCUT2D eigenvalue weighted by molar-refractivity contribution is 5.68. The molecule has 0 heterocycles. The third kappa shape index (κ3) is 9.18. The predicted octanol–water partition coefficient (Wildman–Crippen LogP) is 4.77. The summed E-state index contributed by atoms with van der Waals surface area (Å²) < 4.78 is 4.65. The van der Waals surface area contributed by atoms with Gasteiger partial charge < -0.3 is 14.9 Å². The lowest BCUT2D eigenvalue weighted by molar-refractivity contribution is -0.140. The summed E-state index contributed by atoms with van der Waals surface area (Å²) in [4.78, 5) is 11.1. The molecule has 152 valence electrons. The van der Waals surface area contributed by atoms with Gasteiger partial charge in [0.05, 0.1) is 18.8 Å². The van der Waals surface area contributed by atoms with Crippen molar-refractivity contribution in [3.05, 3.63) is 12.2 Å². The summed E-state index contributed by atoms with van der Waals surface area (Å²) >= 11 is 0. The molecule has 0 saturated heterocycles. The predicted molar refractivity (Wildman–Crippen MR) is 106 cm³/mol. The van der Waals surface area contributed by atoms with E-state index in [2.05, 4.69) is 17.7 Å². The van der Waals surface area contributed by atoms with E-state index in [0.717, 1.165) is 70.6 Å². The molecule has 0 aromatic carbocycles. The number of carbonyl (C=O) groups is 1. The first-order chi connectivity index (χ1) is 12.4. The van der Waals surface area contributed by atoms with Crippen LogP contribution in [0.1, 0.15) is 90.9 Å². The first-order valence-corrected chi connectivity index (χ1v) is 10.6. The van der Waals surface area contributed by atoms with E-state index in [1.54, 1.807) is 0 Å².